The minimum atomic E-state index is -1.18. The highest BCUT2D eigenvalue weighted by molar-refractivity contribution is 5.92. The predicted molar refractivity (Wildman–Crippen MR) is 101 cm³/mol. The Morgan fingerprint density at radius 2 is 1.63 bits per heavy atom. The zero-order valence-corrected chi connectivity index (χ0v) is 16.3. The first-order valence-corrected chi connectivity index (χ1v) is 9.14. The highest BCUT2D eigenvalue weighted by Gasteiger charge is 2.24. The highest BCUT2D eigenvalue weighted by Crippen LogP contribution is 2.03. The molecule has 0 spiro atoms. The molecule has 0 aromatic carbocycles. The lowest BCUT2D eigenvalue weighted by atomic mass is 10.0. The van der Waals surface area contributed by atoms with E-state index in [4.69, 9.17) is 16.6 Å². The van der Waals surface area contributed by atoms with Crippen LogP contribution in [0, 0.1) is 5.92 Å². The van der Waals surface area contributed by atoms with Crippen molar-refractivity contribution in [3.05, 3.63) is 0 Å². The van der Waals surface area contributed by atoms with Crippen LogP contribution in [-0.2, 0) is 19.2 Å². The Labute approximate surface area is 159 Å². The first-order chi connectivity index (χ1) is 12.6. The van der Waals surface area contributed by atoms with E-state index in [1.807, 2.05) is 13.8 Å². The van der Waals surface area contributed by atoms with E-state index in [-0.39, 0.29) is 12.5 Å². The topological polar surface area (TPSA) is 177 Å². The summed E-state index contributed by atoms with van der Waals surface area (Å²) in [4.78, 5) is 47.0. The SMILES string of the molecule is CC(C)CC(N)C(=O)NCC(=O)NC(CCCCN)C(=O)NC(C)C(=O)O. The Morgan fingerprint density at radius 1 is 1.00 bits per heavy atom. The molecule has 0 aromatic heterocycles. The molecule has 3 atom stereocenters. The molecular formula is C17H33N5O5. The number of carboxylic acid groups (broad SMARTS) is 1. The molecule has 8 N–H and O–H groups in total. The summed E-state index contributed by atoms with van der Waals surface area (Å²) in [5.41, 5.74) is 11.2. The smallest absolute Gasteiger partial charge is 0.325 e. The molecule has 3 unspecified atom stereocenters. The van der Waals surface area contributed by atoms with Crippen molar-refractivity contribution < 1.29 is 24.3 Å². The van der Waals surface area contributed by atoms with E-state index in [2.05, 4.69) is 16.0 Å². The molecule has 0 bridgehead atoms. The van der Waals surface area contributed by atoms with Gasteiger partial charge in [0, 0.05) is 0 Å². The van der Waals surface area contributed by atoms with E-state index in [1.165, 1.54) is 6.92 Å². The van der Waals surface area contributed by atoms with Gasteiger partial charge in [0.15, 0.2) is 0 Å². The van der Waals surface area contributed by atoms with Crippen molar-refractivity contribution in [2.24, 2.45) is 17.4 Å². The standard InChI is InChI=1S/C17H33N5O5/c1-10(2)8-12(19)15(24)20-9-14(23)22-13(6-4-5-7-18)16(25)21-11(3)17(26)27/h10-13H,4-9,18-19H2,1-3H3,(H,20,24)(H,21,25)(H,22,23)(H,26,27). The number of nitrogens with two attached hydrogens (primary N) is 2. The maximum atomic E-state index is 12.2. The average Bonchev–Trinajstić information content (AvgIpc) is 2.57. The Balaban J connectivity index is 4.66. The van der Waals surface area contributed by atoms with Gasteiger partial charge in [-0.05, 0) is 45.1 Å². The molecule has 0 saturated heterocycles. The first kappa shape index (κ1) is 24.8. The number of carbonyl (C=O) groups excluding carboxylic acids is 3. The first-order valence-electron chi connectivity index (χ1n) is 9.14. The van der Waals surface area contributed by atoms with Gasteiger partial charge >= 0.3 is 5.97 Å². The van der Waals surface area contributed by atoms with Gasteiger partial charge < -0.3 is 32.5 Å². The van der Waals surface area contributed by atoms with Gasteiger partial charge in [-0.25, -0.2) is 0 Å². The highest BCUT2D eigenvalue weighted by atomic mass is 16.4. The fourth-order valence-electron chi connectivity index (χ4n) is 2.30. The second-order valence-corrected chi connectivity index (χ2v) is 6.93. The number of nitrogens with one attached hydrogen (secondary N) is 3. The van der Waals surface area contributed by atoms with Crippen LogP contribution in [0.25, 0.3) is 0 Å². The van der Waals surface area contributed by atoms with Crippen molar-refractivity contribution in [3.63, 3.8) is 0 Å². The number of hydrogen-bond acceptors (Lipinski definition) is 6. The lowest BCUT2D eigenvalue weighted by Gasteiger charge is -2.20. The van der Waals surface area contributed by atoms with Crippen molar-refractivity contribution in [2.75, 3.05) is 13.1 Å². The molecule has 0 radical (unpaired) electrons. The fraction of sp³-hybridized carbons (Fsp3) is 0.765. The molecule has 0 fully saturated rings. The van der Waals surface area contributed by atoms with Gasteiger partial charge in [-0.2, -0.15) is 0 Å². The van der Waals surface area contributed by atoms with E-state index in [0.717, 1.165) is 0 Å². The number of carbonyl (C=O) groups is 4. The van der Waals surface area contributed by atoms with Crippen LogP contribution >= 0.6 is 0 Å². The Morgan fingerprint density at radius 3 is 2.15 bits per heavy atom. The van der Waals surface area contributed by atoms with Gasteiger partial charge in [-0.3, -0.25) is 19.2 Å². The minimum absolute atomic E-state index is 0.242. The van der Waals surface area contributed by atoms with Crippen molar-refractivity contribution in [1.29, 1.82) is 0 Å². The van der Waals surface area contributed by atoms with Crippen molar-refractivity contribution in [3.8, 4) is 0 Å². The van der Waals surface area contributed by atoms with E-state index in [0.29, 0.717) is 32.2 Å². The molecule has 0 aliphatic carbocycles. The second kappa shape index (κ2) is 13.0. The lowest BCUT2D eigenvalue weighted by molar-refractivity contribution is -0.141. The number of aliphatic carboxylic acids is 1. The van der Waals surface area contributed by atoms with Gasteiger partial charge in [0.05, 0.1) is 12.6 Å². The van der Waals surface area contributed by atoms with Crippen LogP contribution in [0.4, 0.5) is 0 Å². The number of amides is 3. The van der Waals surface area contributed by atoms with Crippen molar-refractivity contribution >= 4 is 23.7 Å². The van der Waals surface area contributed by atoms with Gasteiger partial charge in [-0.15, -0.1) is 0 Å². The number of hydrogen-bond donors (Lipinski definition) is 6. The molecule has 10 nitrogen and oxygen atoms in total. The van der Waals surface area contributed by atoms with Gasteiger partial charge in [0.1, 0.15) is 12.1 Å². The van der Waals surface area contributed by atoms with Crippen LogP contribution in [0.15, 0.2) is 0 Å². The largest absolute Gasteiger partial charge is 0.480 e. The summed E-state index contributed by atoms with van der Waals surface area (Å²) in [6.07, 6.45) is 2.05. The Bertz CT molecular complexity index is 512. The lowest BCUT2D eigenvalue weighted by Crippen LogP contribution is -2.53. The second-order valence-electron chi connectivity index (χ2n) is 6.93. The van der Waals surface area contributed by atoms with Crippen LogP contribution in [0.1, 0.15) is 46.5 Å². The van der Waals surface area contributed by atoms with E-state index >= 15 is 0 Å². The summed E-state index contributed by atoms with van der Waals surface area (Å²) in [6, 6.07) is -2.70. The predicted octanol–water partition coefficient (Wildman–Crippen LogP) is -1.32. The molecule has 0 saturated carbocycles. The third-order valence-electron chi connectivity index (χ3n) is 3.81. The van der Waals surface area contributed by atoms with Crippen molar-refractivity contribution in [2.45, 2.75) is 64.6 Å². The molecular weight excluding hydrogens is 354 g/mol. The molecule has 0 aliphatic heterocycles. The number of rotatable bonds is 13. The summed E-state index contributed by atoms with van der Waals surface area (Å²) >= 11 is 0. The van der Waals surface area contributed by atoms with E-state index in [9.17, 15) is 19.2 Å². The summed E-state index contributed by atoms with van der Waals surface area (Å²) in [5.74, 6) is -2.54. The molecule has 3 amide bonds. The van der Waals surface area contributed by atoms with Crippen LogP contribution in [-0.4, -0.2) is 60.0 Å². The number of unbranched alkanes of at least 4 members (excludes halogenated alkanes) is 1. The monoisotopic (exact) mass is 387 g/mol. The molecule has 10 heteroatoms. The van der Waals surface area contributed by atoms with Crippen LogP contribution < -0.4 is 27.4 Å². The molecule has 27 heavy (non-hydrogen) atoms. The fourth-order valence-corrected chi connectivity index (χ4v) is 2.30. The van der Waals surface area contributed by atoms with Gasteiger partial charge in [0.25, 0.3) is 0 Å². The zero-order valence-electron chi connectivity index (χ0n) is 16.3. The van der Waals surface area contributed by atoms with Gasteiger partial charge in [-0.1, -0.05) is 13.8 Å². The van der Waals surface area contributed by atoms with Crippen molar-refractivity contribution in [1.82, 2.24) is 16.0 Å². The van der Waals surface area contributed by atoms with Crippen LogP contribution in [0.2, 0.25) is 0 Å². The normalized spacial score (nSPS) is 14.1. The summed E-state index contributed by atoms with van der Waals surface area (Å²) in [6.45, 7) is 5.32. The van der Waals surface area contributed by atoms with E-state index in [1.54, 1.807) is 0 Å². The molecule has 0 heterocycles. The third kappa shape index (κ3) is 11.2. The zero-order chi connectivity index (χ0) is 21.0. The maximum absolute atomic E-state index is 12.2. The third-order valence-corrected chi connectivity index (χ3v) is 3.81. The molecule has 0 rings (SSSR count). The summed E-state index contributed by atoms with van der Waals surface area (Å²) < 4.78 is 0. The Kier molecular flexibility index (Phi) is 12.0. The maximum Gasteiger partial charge on any atom is 0.325 e. The average molecular weight is 387 g/mol. The summed E-state index contributed by atoms with van der Waals surface area (Å²) in [7, 11) is 0. The quantitative estimate of drug-likeness (QED) is 0.212. The number of carboxylic acids is 1. The molecule has 156 valence electrons. The van der Waals surface area contributed by atoms with Crippen LogP contribution in [0.5, 0.6) is 0 Å². The van der Waals surface area contributed by atoms with Crippen LogP contribution in [0.3, 0.4) is 0 Å². The van der Waals surface area contributed by atoms with E-state index < -0.39 is 41.8 Å². The summed E-state index contributed by atoms with van der Waals surface area (Å²) in [5, 5.41) is 16.2. The molecule has 0 aliphatic rings. The Hall–Kier alpha value is -2.20. The molecule has 0 aromatic rings. The minimum Gasteiger partial charge on any atom is -0.480 e. The van der Waals surface area contributed by atoms with Gasteiger partial charge in [0.2, 0.25) is 17.7 Å².